The van der Waals surface area contributed by atoms with Gasteiger partial charge in [-0.15, -0.1) is 11.3 Å². The Hall–Kier alpha value is -3.49. The summed E-state index contributed by atoms with van der Waals surface area (Å²) in [4.78, 5) is 45.1. The van der Waals surface area contributed by atoms with Gasteiger partial charge in [-0.2, -0.15) is 0 Å². The fourth-order valence-corrected chi connectivity index (χ4v) is 7.04. The lowest BCUT2D eigenvalue weighted by molar-refractivity contribution is -0.143. The highest BCUT2D eigenvalue weighted by Crippen LogP contribution is 2.33. The molecular formula is C32H37N3O4S. The first-order chi connectivity index (χ1) is 19.1. The first-order valence-corrected chi connectivity index (χ1v) is 14.8. The van der Waals surface area contributed by atoms with E-state index in [4.69, 9.17) is 0 Å². The molecule has 1 unspecified atom stereocenters. The van der Waals surface area contributed by atoms with Gasteiger partial charge in [0.05, 0.1) is 12.1 Å². The number of nitrogens with one attached hydrogen (secondary N) is 1. The van der Waals surface area contributed by atoms with Crippen molar-refractivity contribution < 1.29 is 19.5 Å². The number of hydrogen-bond donors (Lipinski definition) is 2. The van der Waals surface area contributed by atoms with E-state index in [2.05, 4.69) is 35.8 Å². The fraction of sp³-hybridized carbons (Fsp3) is 0.406. The average Bonchev–Trinajstić information content (AvgIpc) is 3.61. The molecule has 2 aromatic carbocycles. The molecule has 3 aromatic rings. The van der Waals surface area contributed by atoms with Gasteiger partial charge in [-0.3, -0.25) is 14.4 Å². The summed E-state index contributed by atoms with van der Waals surface area (Å²) in [5.41, 5.74) is 5.98. The second-order valence-electron chi connectivity index (χ2n) is 11.4. The molecule has 1 aromatic heterocycles. The number of amides is 3. The maximum absolute atomic E-state index is 14.0. The fourth-order valence-electron chi connectivity index (χ4n) is 6.11. The maximum atomic E-state index is 14.0. The number of nitrogens with zero attached hydrogens (tertiary/aromatic N) is 2. The molecule has 0 saturated carbocycles. The Balaban J connectivity index is 1.32. The number of fused-ring (bicyclic) bond motifs is 1. The second-order valence-corrected chi connectivity index (χ2v) is 12.3. The molecule has 2 aliphatic rings. The summed E-state index contributed by atoms with van der Waals surface area (Å²) in [6.07, 6.45) is -0.636. The van der Waals surface area contributed by atoms with E-state index < -0.39 is 18.2 Å². The van der Waals surface area contributed by atoms with Gasteiger partial charge in [-0.1, -0.05) is 50.2 Å². The van der Waals surface area contributed by atoms with Crippen LogP contribution in [0.15, 0.2) is 53.9 Å². The molecule has 5 rings (SSSR count). The van der Waals surface area contributed by atoms with E-state index in [0.717, 1.165) is 22.3 Å². The predicted octanol–water partition coefficient (Wildman–Crippen LogP) is 4.85. The lowest BCUT2D eigenvalue weighted by Crippen LogP contribution is -2.55. The van der Waals surface area contributed by atoms with E-state index >= 15 is 0 Å². The molecule has 3 heterocycles. The average molecular weight is 560 g/mol. The number of aliphatic hydroxyl groups excluding tert-OH is 1. The van der Waals surface area contributed by atoms with Gasteiger partial charge in [0.15, 0.2) is 0 Å². The molecule has 40 heavy (non-hydrogen) atoms. The molecule has 1 fully saturated rings. The van der Waals surface area contributed by atoms with Crippen molar-refractivity contribution in [3.05, 3.63) is 81.7 Å². The third kappa shape index (κ3) is 5.18. The molecule has 0 radical (unpaired) electrons. The molecule has 2 aliphatic heterocycles. The molecule has 0 aliphatic carbocycles. The highest BCUT2D eigenvalue weighted by molar-refractivity contribution is 7.13. The number of carbonyl (C=O) groups excluding carboxylic acids is 3. The molecule has 0 bridgehead atoms. The van der Waals surface area contributed by atoms with E-state index in [-0.39, 0.29) is 42.6 Å². The number of hydrogen-bond acceptors (Lipinski definition) is 5. The lowest BCUT2D eigenvalue weighted by Gasteiger charge is -2.35. The monoisotopic (exact) mass is 559 g/mol. The number of rotatable bonds is 7. The number of aryl methyl sites for hydroxylation is 2. The van der Waals surface area contributed by atoms with Crippen molar-refractivity contribution >= 4 is 29.1 Å². The normalized spacial score (nSPS) is 20.1. The van der Waals surface area contributed by atoms with Crippen molar-refractivity contribution in [2.75, 3.05) is 6.54 Å². The highest BCUT2D eigenvalue weighted by atomic mass is 32.1. The smallest absolute Gasteiger partial charge is 0.255 e. The van der Waals surface area contributed by atoms with Crippen molar-refractivity contribution in [2.45, 2.75) is 71.8 Å². The number of thiophene rings is 1. The summed E-state index contributed by atoms with van der Waals surface area (Å²) in [6.45, 7) is 10.3. The van der Waals surface area contributed by atoms with Crippen LogP contribution in [0.4, 0.5) is 0 Å². The van der Waals surface area contributed by atoms with E-state index in [0.29, 0.717) is 12.1 Å². The van der Waals surface area contributed by atoms with Crippen LogP contribution in [0.3, 0.4) is 0 Å². The van der Waals surface area contributed by atoms with E-state index in [1.54, 1.807) is 22.3 Å². The number of β-amino-alcohol motifs (C(OH)–C–C–N with tert-alkyl or cyclic N) is 1. The van der Waals surface area contributed by atoms with Gasteiger partial charge in [-0.05, 0) is 72.0 Å². The Morgan fingerprint density at radius 2 is 1.80 bits per heavy atom. The summed E-state index contributed by atoms with van der Waals surface area (Å²) in [6, 6.07) is 14.0. The Morgan fingerprint density at radius 1 is 1.05 bits per heavy atom. The maximum Gasteiger partial charge on any atom is 0.255 e. The Bertz CT molecular complexity index is 1450. The third-order valence-corrected chi connectivity index (χ3v) is 9.22. The van der Waals surface area contributed by atoms with E-state index in [9.17, 15) is 19.5 Å². The first-order valence-electron chi connectivity index (χ1n) is 13.9. The molecule has 2 N–H and O–H groups in total. The second kappa shape index (κ2) is 11.2. The molecule has 8 heteroatoms. The molecule has 3 amide bonds. The number of likely N-dealkylation sites (tertiary alicyclic amines) is 1. The van der Waals surface area contributed by atoms with Crippen LogP contribution in [0.5, 0.6) is 0 Å². The summed E-state index contributed by atoms with van der Waals surface area (Å²) in [5, 5.41) is 15.7. The van der Waals surface area contributed by atoms with E-state index in [1.807, 2.05) is 52.0 Å². The van der Waals surface area contributed by atoms with Crippen LogP contribution in [-0.2, 0) is 16.1 Å². The summed E-state index contributed by atoms with van der Waals surface area (Å²) >= 11 is 1.71. The van der Waals surface area contributed by atoms with Crippen LogP contribution in [0, 0.1) is 19.8 Å². The third-order valence-electron chi connectivity index (χ3n) is 8.15. The SMILES string of the molecule is Cc1cc(-c2sccc2C)ccc1[C@H](C)NC(=O)C1C[C@@H](O)CN1C(=O)[C@H](C(C)C)N1Cc2ccccc2C1=O. The van der Waals surface area contributed by atoms with Crippen LogP contribution in [0.25, 0.3) is 10.4 Å². The van der Waals surface area contributed by atoms with Crippen LogP contribution >= 0.6 is 11.3 Å². The molecular weight excluding hydrogens is 522 g/mol. The Morgan fingerprint density at radius 3 is 2.45 bits per heavy atom. The lowest BCUT2D eigenvalue weighted by atomic mass is 9.98. The van der Waals surface area contributed by atoms with Gasteiger partial charge >= 0.3 is 0 Å². The van der Waals surface area contributed by atoms with Crippen molar-refractivity contribution in [1.29, 1.82) is 0 Å². The minimum absolute atomic E-state index is 0.0669. The number of benzene rings is 2. The topological polar surface area (TPSA) is 89.9 Å². The van der Waals surface area contributed by atoms with Crippen LogP contribution in [0.1, 0.15) is 65.8 Å². The highest BCUT2D eigenvalue weighted by Gasteiger charge is 2.46. The van der Waals surface area contributed by atoms with Gasteiger partial charge in [0.25, 0.3) is 5.91 Å². The zero-order chi connectivity index (χ0) is 28.7. The Labute approximate surface area is 239 Å². The van der Waals surface area contributed by atoms with Crippen molar-refractivity contribution in [3.8, 4) is 10.4 Å². The first kappa shape index (κ1) is 28.1. The van der Waals surface area contributed by atoms with E-state index in [1.165, 1.54) is 15.3 Å². The molecule has 4 atom stereocenters. The Kier molecular flexibility index (Phi) is 7.84. The minimum Gasteiger partial charge on any atom is -0.391 e. The zero-order valence-electron chi connectivity index (χ0n) is 23.7. The van der Waals surface area contributed by atoms with Crippen LogP contribution in [0.2, 0.25) is 0 Å². The van der Waals surface area contributed by atoms with Gasteiger partial charge in [0.1, 0.15) is 12.1 Å². The van der Waals surface area contributed by atoms with Gasteiger partial charge in [0.2, 0.25) is 11.8 Å². The summed E-state index contributed by atoms with van der Waals surface area (Å²) in [5.74, 6) is -0.936. The zero-order valence-corrected chi connectivity index (χ0v) is 24.5. The van der Waals surface area contributed by atoms with Crippen molar-refractivity contribution in [1.82, 2.24) is 15.1 Å². The molecule has 210 valence electrons. The quantitative estimate of drug-likeness (QED) is 0.433. The van der Waals surface area contributed by atoms with Gasteiger partial charge in [0, 0.05) is 30.0 Å². The van der Waals surface area contributed by atoms with Crippen LogP contribution < -0.4 is 5.32 Å². The standard InChI is InChI=1S/C32H37N3O4S/c1-18(2)28(35-16-23-8-6-7-9-26(23)31(35)38)32(39)34-17-24(36)15-27(34)30(37)33-21(5)25-11-10-22(14-20(25)4)29-19(3)12-13-40-29/h6-14,18,21,24,27-28,36H,15-17H2,1-5H3,(H,33,37)/t21-,24+,27?,28-/m0/s1. The largest absolute Gasteiger partial charge is 0.391 e. The summed E-state index contributed by atoms with van der Waals surface area (Å²) in [7, 11) is 0. The van der Waals surface area contributed by atoms with Crippen LogP contribution in [-0.4, -0.2) is 57.4 Å². The molecule has 1 saturated heterocycles. The summed E-state index contributed by atoms with van der Waals surface area (Å²) < 4.78 is 0. The van der Waals surface area contributed by atoms with Gasteiger partial charge < -0.3 is 20.2 Å². The van der Waals surface area contributed by atoms with Gasteiger partial charge in [-0.25, -0.2) is 0 Å². The number of carbonyl (C=O) groups is 3. The van der Waals surface area contributed by atoms with Crippen molar-refractivity contribution in [2.24, 2.45) is 5.92 Å². The number of aliphatic hydroxyl groups is 1. The molecule has 0 spiro atoms. The minimum atomic E-state index is -0.806. The predicted molar refractivity (Wildman–Crippen MR) is 157 cm³/mol. The van der Waals surface area contributed by atoms with Crippen molar-refractivity contribution in [3.63, 3.8) is 0 Å². The molecule has 7 nitrogen and oxygen atoms in total.